The number of carbonyl (C=O) groups excluding carboxylic acids is 1. The van der Waals surface area contributed by atoms with Crippen LogP contribution in [0.3, 0.4) is 0 Å². The second kappa shape index (κ2) is 16.3. The maximum atomic E-state index is 12.7. The van der Waals surface area contributed by atoms with Crippen LogP contribution in [0.1, 0.15) is 43.1 Å². The third-order valence-corrected chi connectivity index (χ3v) is 5.48. The highest BCUT2D eigenvalue weighted by atomic mass is 19.4. The minimum atomic E-state index is -4.60. The molecule has 16 heteroatoms. The first kappa shape index (κ1) is 34.6. The van der Waals surface area contributed by atoms with Gasteiger partial charge in [0.15, 0.2) is 6.61 Å². The number of nitrogens with zero attached hydrogens (tertiary/aromatic N) is 3. The largest absolute Gasteiger partial charge is 0.494 e. The maximum Gasteiger partial charge on any atom is 0.422 e. The molecule has 1 aromatic heterocycles. The summed E-state index contributed by atoms with van der Waals surface area (Å²) in [6.07, 6.45) is -4.31. The van der Waals surface area contributed by atoms with Gasteiger partial charge in [-0.3, -0.25) is 0 Å². The smallest absolute Gasteiger partial charge is 0.422 e. The predicted molar refractivity (Wildman–Crippen MR) is 159 cm³/mol. The van der Waals surface area contributed by atoms with Crippen LogP contribution in [0, 0.1) is 0 Å². The summed E-state index contributed by atoms with van der Waals surface area (Å²) in [5.74, 6) is -0.592. The van der Waals surface area contributed by atoms with E-state index in [0.717, 1.165) is 12.0 Å². The summed E-state index contributed by atoms with van der Waals surface area (Å²) in [6.45, 7) is 6.25. The normalized spacial score (nSPS) is 11.4. The minimum Gasteiger partial charge on any atom is -0.494 e. The van der Waals surface area contributed by atoms with Crippen LogP contribution in [0.15, 0.2) is 48.5 Å². The van der Waals surface area contributed by atoms with Gasteiger partial charge in [-0.25, -0.2) is 9.59 Å². The van der Waals surface area contributed by atoms with Gasteiger partial charge in [-0.1, -0.05) is 12.1 Å². The Kier molecular flexibility index (Phi) is 12.5. The molecule has 0 saturated heterocycles. The van der Waals surface area contributed by atoms with Gasteiger partial charge in [0.25, 0.3) is 0 Å². The molecule has 0 bridgehead atoms. The van der Waals surface area contributed by atoms with E-state index in [9.17, 15) is 22.8 Å². The van der Waals surface area contributed by atoms with Gasteiger partial charge in [0, 0.05) is 25.3 Å². The zero-order valence-corrected chi connectivity index (χ0v) is 25.0. The number of alkyl carbamates (subject to hydrolysis) is 1. The summed E-state index contributed by atoms with van der Waals surface area (Å²) in [4.78, 5) is 34.7. The third kappa shape index (κ3) is 14.0. The zero-order chi connectivity index (χ0) is 32.9. The molecule has 0 aliphatic carbocycles. The molecular weight excluding hydrogens is 599 g/mol. The van der Waals surface area contributed by atoms with E-state index in [-0.39, 0.29) is 24.0 Å². The minimum absolute atomic E-state index is 0.0408. The number of halogens is 3. The van der Waals surface area contributed by atoms with E-state index in [1.165, 1.54) is 24.3 Å². The van der Waals surface area contributed by atoms with Crippen LogP contribution in [-0.4, -0.2) is 76.7 Å². The molecule has 0 atom stereocenters. The molecule has 0 saturated carbocycles. The molecule has 3 rings (SSSR count). The zero-order valence-electron chi connectivity index (χ0n) is 25.0. The Bertz CT molecular complexity index is 1390. The van der Waals surface area contributed by atoms with E-state index in [2.05, 4.69) is 36.2 Å². The van der Waals surface area contributed by atoms with Crippen molar-refractivity contribution < 1.29 is 42.1 Å². The van der Waals surface area contributed by atoms with Crippen LogP contribution >= 0.6 is 0 Å². The molecule has 0 unspecified atom stereocenters. The summed E-state index contributed by atoms with van der Waals surface area (Å²) >= 11 is 0. The monoisotopic (exact) mass is 635 g/mol. The Morgan fingerprint density at radius 1 is 0.867 bits per heavy atom. The van der Waals surface area contributed by atoms with Crippen LogP contribution in [0.25, 0.3) is 0 Å². The summed E-state index contributed by atoms with van der Waals surface area (Å²) in [5.41, 5.74) is 0.741. The van der Waals surface area contributed by atoms with Gasteiger partial charge >= 0.3 is 24.2 Å². The first-order valence-corrected chi connectivity index (χ1v) is 13.9. The van der Waals surface area contributed by atoms with E-state index in [0.29, 0.717) is 37.7 Å². The van der Waals surface area contributed by atoms with Crippen LogP contribution in [0.4, 0.5) is 35.5 Å². The number of carboxylic acid groups (broad SMARTS) is 1. The van der Waals surface area contributed by atoms with Crippen molar-refractivity contribution in [2.45, 2.75) is 45.5 Å². The third-order valence-electron chi connectivity index (χ3n) is 5.48. The molecule has 244 valence electrons. The van der Waals surface area contributed by atoms with Crippen molar-refractivity contribution in [3.63, 3.8) is 0 Å². The summed E-state index contributed by atoms with van der Waals surface area (Å²) in [7, 11) is 0. The van der Waals surface area contributed by atoms with E-state index >= 15 is 0 Å². The molecule has 45 heavy (non-hydrogen) atoms. The number of hydrogen-bond donors (Lipinski definition) is 5. The van der Waals surface area contributed by atoms with Crippen molar-refractivity contribution >= 4 is 29.6 Å². The van der Waals surface area contributed by atoms with E-state index < -0.39 is 36.5 Å². The molecule has 2 aromatic carbocycles. The van der Waals surface area contributed by atoms with E-state index in [1.54, 1.807) is 32.9 Å². The van der Waals surface area contributed by atoms with Crippen molar-refractivity contribution in [3.8, 4) is 11.8 Å². The average molecular weight is 636 g/mol. The van der Waals surface area contributed by atoms with Crippen molar-refractivity contribution in [2.75, 3.05) is 43.5 Å². The van der Waals surface area contributed by atoms with Crippen LogP contribution in [-0.2, 0) is 11.3 Å². The summed E-state index contributed by atoms with van der Waals surface area (Å²) in [6, 6.07) is 12.3. The molecule has 0 aliphatic heterocycles. The molecule has 3 aromatic rings. The van der Waals surface area contributed by atoms with Gasteiger partial charge in [-0.2, -0.15) is 28.1 Å². The Labute approximate surface area is 257 Å². The van der Waals surface area contributed by atoms with Gasteiger partial charge < -0.3 is 40.6 Å². The number of hydrogen-bond acceptors (Lipinski definition) is 11. The number of anilines is 3. The summed E-state index contributed by atoms with van der Waals surface area (Å²) in [5, 5.41) is 20.7. The SMILES string of the molecule is CC(C)(C)OC(=O)NCCNCCCOc1ccc(CNc2nc(Nc3ccc(C(=O)O)cc3)nc(OCC(F)(F)F)n2)cc1. The number of ether oxygens (including phenoxy) is 3. The standard InChI is InChI=1S/C29H36F3N7O6/c1-28(2,3)45-27(42)34-15-14-33-13-4-16-43-22-11-5-19(6-12-22)17-35-24-37-25(39-26(38-24)44-18-29(30,31)32)36-21-9-7-20(8-10-21)23(40)41/h5-12,33H,4,13-18H2,1-3H3,(H,34,42)(H,40,41)(H2,35,36,37,38,39). The molecular formula is C29H36F3N7O6. The average Bonchev–Trinajstić information content (AvgIpc) is 2.96. The summed E-state index contributed by atoms with van der Waals surface area (Å²) < 4.78 is 53.8. The molecule has 0 radical (unpaired) electrons. The number of carbonyl (C=O) groups is 2. The molecule has 0 aliphatic rings. The molecule has 13 nitrogen and oxygen atoms in total. The Hall–Kier alpha value is -4.86. The fourth-order valence-corrected chi connectivity index (χ4v) is 3.49. The van der Waals surface area contributed by atoms with Gasteiger partial charge in [0.1, 0.15) is 11.4 Å². The highest BCUT2D eigenvalue weighted by molar-refractivity contribution is 5.88. The molecule has 0 fully saturated rings. The first-order valence-electron chi connectivity index (χ1n) is 13.9. The molecule has 5 N–H and O–H groups in total. The van der Waals surface area contributed by atoms with E-state index in [4.69, 9.17) is 19.3 Å². The lowest BCUT2D eigenvalue weighted by Crippen LogP contribution is -2.36. The van der Waals surface area contributed by atoms with Crippen molar-refractivity contribution in [2.24, 2.45) is 0 Å². The number of aromatic nitrogens is 3. The van der Waals surface area contributed by atoms with Crippen molar-refractivity contribution in [1.29, 1.82) is 0 Å². The quantitative estimate of drug-likeness (QED) is 0.137. The number of rotatable bonds is 16. The van der Waals surface area contributed by atoms with Gasteiger partial charge in [-0.15, -0.1) is 0 Å². The second-order valence-electron chi connectivity index (χ2n) is 10.6. The van der Waals surface area contributed by atoms with Crippen LogP contribution in [0.5, 0.6) is 11.8 Å². The molecule has 1 amide bonds. The lowest BCUT2D eigenvalue weighted by molar-refractivity contribution is -0.154. The van der Waals surface area contributed by atoms with Crippen LogP contribution < -0.4 is 30.7 Å². The predicted octanol–water partition coefficient (Wildman–Crippen LogP) is 4.75. The van der Waals surface area contributed by atoms with E-state index in [1.807, 2.05) is 12.1 Å². The number of aromatic carboxylic acids is 1. The Balaban J connectivity index is 1.46. The molecule has 0 spiro atoms. The number of benzene rings is 2. The number of carboxylic acids is 1. The van der Waals surface area contributed by atoms with Gasteiger partial charge in [0.05, 0.1) is 12.2 Å². The molecule has 1 heterocycles. The fraction of sp³-hybridized carbons (Fsp3) is 0.414. The Morgan fingerprint density at radius 2 is 1.56 bits per heavy atom. The number of alkyl halides is 3. The van der Waals surface area contributed by atoms with Gasteiger partial charge in [-0.05, 0) is 75.7 Å². The topological polar surface area (TPSA) is 169 Å². The lowest BCUT2D eigenvalue weighted by Gasteiger charge is -2.19. The second-order valence-corrected chi connectivity index (χ2v) is 10.6. The highest BCUT2D eigenvalue weighted by Crippen LogP contribution is 2.21. The first-order chi connectivity index (χ1) is 21.3. The highest BCUT2D eigenvalue weighted by Gasteiger charge is 2.29. The van der Waals surface area contributed by atoms with Crippen molar-refractivity contribution in [3.05, 3.63) is 59.7 Å². The maximum absolute atomic E-state index is 12.7. The van der Waals surface area contributed by atoms with Gasteiger partial charge in [0.2, 0.25) is 11.9 Å². The Morgan fingerprint density at radius 3 is 2.20 bits per heavy atom. The number of amides is 1. The van der Waals surface area contributed by atoms with Crippen LogP contribution in [0.2, 0.25) is 0 Å². The fourth-order valence-electron chi connectivity index (χ4n) is 3.49. The lowest BCUT2D eigenvalue weighted by atomic mass is 10.2. The number of nitrogens with one attached hydrogen (secondary N) is 4. The van der Waals surface area contributed by atoms with Crippen molar-refractivity contribution in [1.82, 2.24) is 25.6 Å².